The first-order chi connectivity index (χ1) is 14.5. The summed E-state index contributed by atoms with van der Waals surface area (Å²) in [5.74, 6) is -0.445. The van der Waals surface area contributed by atoms with Crippen LogP contribution in [0.25, 0.3) is 0 Å². The van der Waals surface area contributed by atoms with Crippen molar-refractivity contribution in [2.24, 2.45) is 0 Å². The van der Waals surface area contributed by atoms with Crippen molar-refractivity contribution in [2.75, 3.05) is 20.6 Å². The molecule has 1 heterocycles. The van der Waals surface area contributed by atoms with E-state index in [0.29, 0.717) is 18.5 Å². The molecule has 3 rings (SSSR count). The van der Waals surface area contributed by atoms with E-state index in [4.69, 9.17) is 0 Å². The van der Waals surface area contributed by atoms with Crippen LogP contribution in [-0.4, -0.2) is 43.4 Å². The Hall–Kier alpha value is -2.96. The summed E-state index contributed by atoms with van der Waals surface area (Å²) in [5.41, 5.74) is 2.69. The van der Waals surface area contributed by atoms with Crippen LogP contribution >= 0.6 is 11.3 Å². The number of thiophene rings is 1. The summed E-state index contributed by atoms with van der Waals surface area (Å²) in [6.07, 6.45) is 0.427. The van der Waals surface area contributed by atoms with Gasteiger partial charge in [0.05, 0.1) is 6.04 Å². The lowest BCUT2D eigenvalue weighted by atomic mass is 10.0. The number of carbonyl (C=O) groups is 2. The van der Waals surface area contributed by atoms with Crippen molar-refractivity contribution in [3.8, 4) is 0 Å². The van der Waals surface area contributed by atoms with Crippen molar-refractivity contribution >= 4 is 23.2 Å². The Bertz CT molecular complexity index is 928. The van der Waals surface area contributed by atoms with Gasteiger partial charge in [0.1, 0.15) is 6.04 Å². The van der Waals surface area contributed by atoms with Crippen LogP contribution in [0, 0.1) is 0 Å². The number of amides is 2. The molecule has 2 N–H and O–H groups in total. The van der Waals surface area contributed by atoms with Crippen LogP contribution < -0.4 is 10.6 Å². The normalized spacial score (nSPS) is 12.9. The van der Waals surface area contributed by atoms with Gasteiger partial charge in [0, 0.05) is 18.5 Å². The molecular formula is C24H27N3O2S. The third-order valence-corrected chi connectivity index (χ3v) is 5.66. The maximum atomic E-state index is 13.1. The van der Waals surface area contributed by atoms with Crippen LogP contribution in [0.4, 0.5) is 0 Å². The van der Waals surface area contributed by atoms with Gasteiger partial charge in [-0.25, -0.2) is 0 Å². The smallest absolute Gasteiger partial charge is 0.251 e. The number of nitrogens with one attached hydrogen (secondary N) is 2. The lowest BCUT2D eigenvalue weighted by Crippen LogP contribution is -2.49. The first-order valence-electron chi connectivity index (χ1n) is 9.90. The van der Waals surface area contributed by atoms with Crippen LogP contribution in [0.5, 0.6) is 0 Å². The first-order valence-corrected chi connectivity index (χ1v) is 10.8. The molecule has 30 heavy (non-hydrogen) atoms. The molecule has 0 bridgehead atoms. The minimum atomic E-state index is -0.662. The summed E-state index contributed by atoms with van der Waals surface area (Å²) >= 11 is 1.64. The van der Waals surface area contributed by atoms with E-state index >= 15 is 0 Å². The topological polar surface area (TPSA) is 61.4 Å². The van der Waals surface area contributed by atoms with Crippen molar-refractivity contribution in [1.29, 1.82) is 0 Å². The van der Waals surface area contributed by atoms with E-state index in [-0.39, 0.29) is 17.9 Å². The molecule has 0 saturated heterocycles. The summed E-state index contributed by atoms with van der Waals surface area (Å²) in [5, 5.41) is 10.1. The highest BCUT2D eigenvalue weighted by Crippen LogP contribution is 2.20. The van der Waals surface area contributed by atoms with Gasteiger partial charge in [-0.3, -0.25) is 9.59 Å². The van der Waals surface area contributed by atoms with E-state index < -0.39 is 6.04 Å². The quantitative estimate of drug-likeness (QED) is 0.556. The fraction of sp³-hybridized carbons (Fsp3) is 0.250. The molecule has 0 aliphatic heterocycles. The highest BCUT2D eigenvalue weighted by Gasteiger charge is 2.23. The predicted octanol–water partition coefficient (Wildman–Crippen LogP) is 3.51. The highest BCUT2D eigenvalue weighted by molar-refractivity contribution is 7.07. The molecule has 2 aromatic carbocycles. The molecule has 0 aliphatic carbocycles. The average molecular weight is 422 g/mol. The molecule has 1 aromatic heterocycles. The van der Waals surface area contributed by atoms with Crippen molar-refractivity contribution in [3.63, 3.8) is 0 Å². The molecule has 2 amide bonds. The number of benzene rings is 2. The largest absolute Gasteiger partial charge is 0.352 e. The van der Waals surface area contributed by atoms with Crippen LogP contribution in [-0.2, 0) is 11.2 Å². The maximum Gasteiger partial charge on any atom is 0.251 e. The lowest BCUT2D eigenvalue weighted by molar-refractivity contribution is -0.123. The second-order valence-electron chi connectivity index (χ2n) is 7.36. The molecular weight excluding hydrogens is 394 g/mol. The number of rotatable bonds is 9. The zero-order chi connectivity index (χ0) is 21.3. The molecule has 2 atom stereocenters. The molecule has 156 valence electrons. The Morgan fingerprint density at radius 1 is 0.967 bits per heavy atom. The number of nitrogens with zero attached hydrogens (tertiary/aromatic N) is 1. The second kappa shape index (κ2) is 10.7. The van der Waals surface area contributed by atoms with Gasteiger partial charge in [-0.15, -0.1) is 0 Å². The number of hydrogen-bond acceptors (Lipinski definition) is 4. The van der Waals surface area contributed by atoms with Gasteiger partial charge >= 0.3 is 0 Å². The Kier molecular flexibility index (Phi) is 7.76. The monoisotopic (exact) mass is 421 g/mol. The molecule has 6 heteroatoms. The van der Waals surface area contributed by atoms with Crippen molar-refractivity contribution in [3.05, 3.63) is 94.2 Å². The maximum absolute atomic E-state index is 13.1. The summed E-state index contributed by atoms with van der Waals surface area (Å²) in [6.45, 7) is 0.467. The Labute approximate surface area is 181 Å². The Balaban J connectivity index is 1.71. The molecule has 2 unspecified atom stereocenters. The van der Waals surface area contributed by atoms with E-state index in [1.165, 1.54) is 5.56 Å². The number of likely N-dealkylation sites (N-methyl/N-ethyl adjacent to an activating group) is 1. The number of carbonyl (C=O) groups excluding carboxylic acids is 2. The molecule has 0 saturated carbocycles. The van der Waals surface area contributed by atoms with E-state index in [1.54, 1.807) is 23.5 Å². The SMILES string of the molecule is CN(C)C(CNC(=O)C(Cc1ccccc1)NC(=O)c1ccccc1)c1ccsc1. The summed E-state index contributed by atoms with van der Waals surface area (Å²) < 4.78 is 0. The van der Waals surface area contributed by atoms with Crippen LogP contribution in [0.2, 0.25) is 0 Å². The van der Waals surface area contributed by atoms with E-state index in [2.05, 4.69) is 27.0 Å². The predicted molar refractivity (Wildman–Crippen MR) is 122 cm³/mol. The van der Waals surface area contributed by atoms with Crippen molar-refractivity contribution < 1.29 is 9.59 Å². The zero-order valence-electron chi connectivity index (χ0n) is 17.2. The third kappa shape index (κ3) is 6.02. The first kappa shape index (κ1) is 21.7. The standard InChI is InChI=1S/C24H27N3O2S/c1-27(2)22(20-13-14-30-17-20)16-25-24(29)21(15-18-9-5-3-6-10-18)26-23(28)19-11-7-4-8-12-19/h3-14,17,21-22H,15-16H2,1-2H3,(H,25,29)(H,26,28). The van der Waals surface area contributed by atoms with E-state index in [1.807, 2.05) is 68.0 Å². The molecule has 0 spiro atoms. The minimum absolute atomic E-state index is 0.0717. The average Bonchev–Trinajstić information content (AvgIpc) is 3.29. The summed E-state index contributed by atoms with van der Waals surface area (Å²) in [6, 6.07) is 20.2. The summed E-state index contributed by atoms with van der Waals surface area (Å²) in [7, 11) is 3.99. The number of hydrogen-bond donors (Lipinski definition) is 2. The molecule has 0 radical (unpaired) electrons. The molecule has 0 fully saturated rings. The zero-order valence-corrected chi connectivity index (χ0v) is 18.1. The van der Waals surface area contributed by atoms with Gasteiger partial charge in [-0.1, -0.05) is 48.5 Å². The lowest BCUT2D eigenvalue weighted by Gasteiger charge is -2.26. The second-order valence-corrected chi connectivity index (χ2v) is 8.14. The van der Waals surface area contributed by atoms with Crippen molar-refractivity contribution in [2.45, 2.75) is 18.5 Å². The van der Waals surface area contributed by atoms with Crippen LogP contribution in [0.3, 0.4) is 0 Å². The Morgan fingerprint density at radius 2 is 1.63 bits per heavy atom. The van der Waals surface area contributed by atoms with E-state index in [9.17, 15) is 9.59 Å². The van der Waals surface area contributed by atoms with Crippen LogP contribution in [0.15, 0.2) is 77.5 Å². The van der Waals surface area contributed by atoms with Crippen LogP contribution in [0.1, 0.15) is 27.5 Å². The molecule has 3 aromatic rings. The molecule has 0 aliphatic rings. The van der Waals surface area contributed by atoms with E-state index in [0.717, 1.165) is 5.56 Å². The summed E-state index contributed by atoms with van der Waals surface area (Å²) in [4.78, 5) is 27.8. The minimum Gasteiger partial charge on any atom is -0.352 e. The van der Waals surface area contributed by atoms with Gasteiger partial charge in [-0.05, 0) is 54.2 Å². The fourth-order valence-electron chi connectivity index (χ4n) is 3.27. The highest BCUT2D eigenvalue weighted by atomic mass is 32.1. The van der Waals surface area contributed by atoms with Gasteiger partial charge in [0.15, 0.2) is 0 Å². The van der Waals surface area contributed by atoms with Gasteiger partial charge in [-0.2, -0.15) is 11.3 Å². The van der Waals surface area contributed by atoms with Gasteiger partial charge < -0.3 is 15.5 Å². The third-order valence-electron chi connectivity index (χ3n) is 4.96. The van der Waals surface area contributed by atoms with Gasteiger partial charge in [0.2, 0.25) is 5.91 Å². The Morgan fingerprint density at radius 3 is 2.23 bits per heavy atom. The molecule has 5 nitrogen and oxygen atoms in total. The van der Waals surface area contributed by atoms with Gasteiger partial charge in [0.25, 0.3) is 5.91 Å². The fourth-order valence-corrected chi connectivity index (χ4v) is 3.98. The van der Waals surface area contributed by atoms with Crippen molar-refractivity contribution in [1.82, 2.24) is 15.5 Å².